The molecule has 0 unspecified atom stereocenters. The lowest BCUT2D eigenvalue weighted by Gasteiger charge is -2.43. The molecule has 0 spiro atoms. The van der Waals surface area contributed by atoms with Crippen LogP contribution >= 0.6 is 0 Å². The van der Waals surface area contributed by atoms with E-state index in [0.29, 0.717) is 6.61 Å². The van der Waals surface area contributed by atoms with Crippen molar-refractivity contribution >= 4 is 5.91 Å². The van der Waals surface area contributed by atoms with Gasteiger partial charge in [-0.3, -0.25) is 4.79 Å². The summed E-state index contributed by atoms with van der Waals surface area (Å²) < 4.78 is 38.9. The molecule has 1 aliphatic rings. The average molecular weight is 444 g/mol. The molecule has 1 aliphatic heterocycles. The van der Waals surface area contributed by atoms with Crippen molar-refractivity contribution in [2.75, 3.05) is 13.2 Å². The van der Waals surface area contributed by atoms with Crippen molar-refractivity contribution in [2.24, 2.45) is 0 Å². The highest BCUT2D eigenvalue weighted by molar-refractivity contribution is 5.73. The second-order valence-corrected chi connectivity index (χ2v) is 7.60. The van der Waals surface area contributed by atoms with Crippen molar-refractivity contribution < 1.29 is 28.1 Å². The summed E-state index contributed by atoms with van der Waals surface area (Å²) in [5.41, 5.74) is 1.87. The number of amides is 1. The molecule has 1 amide bonds. The molecule has 2 aromatic rings. The van der Waals surface area contributed by atoms with E-state index < -0.39 is 30.7 Å². The van der Waals surface area contributed by atoms with Crippen LogP contribution in [0.25, 0.3) is 0 Å². The predicted molar refractivity (Wildman–Crippen MR) is 118 cm³/mol. The standard InChI is InChI=1S/C25H30FNO5/c1-3-14-30-25-23(27-18(2)28)24(31-16-20-12-8-5-9-13-20)22(26)21(32-25)17-29-15-19-10-6-4-7-11-19/h3-13,21-25H,1,14-17H2,2H3,(H,27,28)/t21-,22-,23-,24+,25+/m1/s1. The zero-order valence-corrected chi connectivity index (χ0v) is 18.2. The van der Waals surface area contributed by atoms with Gasteiger partial charge >= 0.3 is 0 Å². The van der Waals surface area contributed by atoms with E-state index in [1.807, 2.05) is 60.7 Å². The summed E-state index contributed by atoms with van der Waals surface area (Å²) >= 11 is 0. The second-order valence-electron chi connectivity index (χ2n) is 7.60. The number of rotatable bonds is 11. The number of benzene rings is 2. The molecule has 0 bridgehead atoms. The third-order valence-corrected chi connectivity index (χ3v) is 5.05. The molecule has 5 atom stereocenters. The molecule has 0 aromatic heterocycles. The Kier molecular flexibility index (Phi) is 9.37. The fourth-order valence-electron chi connectivity index (χ4n) is 3.55. The SMILES string of the molecule is C=CCO[C@H]1O[C@H](COCc2ccccc2)[C@@H](F)[C@H](OCc2ccccc2)[C@H]1NC(C)=O. The summed E-state index contributed by atoms with van der Waals surface area (Å²) in [6.07, 6.45) is -2.77. The van der Waals surface area contributed by atoms with Gasteiger partial charge in [-0.25, -0.2) is 4.39 Å². The molecule has 32 heavy (non-hydrogen) atoms. The Morgan fingerprint density at radius 1 is 1.06 bits per heavy atom. The monoisotopic (exact) mass is 443 g/mol. The molecule has 0 aliphatic carbocycles. The predicted octanol–water partition coefficient (Wildman–Crippen LogP) is 3.56. The van der Waals surface area contributed by atoms with Crippen molar-refractivity contribution in [3.8, 4) is 0 Å². The maximum absolute atomic E-state index is 15.6. The summed E-state index contributed by atoms with van der Waals surface area (Å²) in [5.74, 6) is -0.329. The zero-order valence-electron chi connectivity index (χ0n) is 18.2. The van der Waals surface area contributed by atoms with Crippen molar-refractivity contribution in [1.82, 2.24) is 5.32 Å². The minimum atomic E-state index is -1.53. The van der Waals surface area contributed by atoms with E-state index in [9.17, 15) is 4.79 Å². The van der Waals surface area contributed by atoms with Crippen LogP contribution in [0, 0.1) is 0 Å². The van der Waals surface area contributed by atoms with Gasteiger partial charge in [0.1, 0.15) is 18.2 Å². The van der Waals surface area contributed by atoms with Gasteiger partial charge in [-0.1, -0.05) is 66.7 Å². The normalized spacial score (nSPS) is 25.2. The maximum Gasteiger partial charge on any atom is 0.217 e. The van der Waals surface area contributed by atoms with Crippen molar-refractivity contribution in [3.63, 3.8) is 0 Å². The van der Waals surface area contributed by atoms with Gasteiger partial charge < -0.3 is 24.3 Å². The smallest absolute Gasteiger partial charge is 0.217 e. The van der Waals surface area contributed by atoms with Crippen LogP contribution < -0.4 is 5.32 Å². The number of hydrogen-bond donors (Lipinski definition) is 1. The Morgan fingerprint density at radius 2 is 1.69 bits per heavy atom. The van der Waals surface area contributed by atoms with Crippen LogP contribution in [-0.4, -0.2) is 49.8 Å². The number of alkyl halides is 1. The first kappa shape index (κ1) is 24.1. The molecule has 172 valence electrons. The van der Waals surface area contributed by atoms with E-state index in [0.717, 1.165) is 11.1 Å². The molecule has 0 radical (unpaired) electrons. The summed E-state index contributed by atoms with van der Waals surface area (Å²) in [5, 5.41) is 2.73. The topological polar surface area (TPSA) is 66.0 Å². The van der Waals surface area contributed by atoms with Gasteiger partial charge in [0.05, 0.1) is 26.4 Å². The highest BCUT2D eigenvalue weighted by Gasteiger charge is 2.48. The fourth-order valence-corrected chi connectivity index (χ4v) is 3.55. The lowest BCUT2D eigenvalue weighted by molar-refractivity contribution is -0.266. The van der Waals surface area contributed by atoms with E-state index in [-0.39, 0.29) is 25.7 Å². The van der Waals surface area contributed by atoms with Crippen LogP contribution in [0.5, 0.6) is 0 Å². The highest BCUT2D eigenvalue weighted by atomic mass is 19.1. The van der Waals surface area contributed by atoms with Gasteiger partial charge in [-0.05, 0) is 11.1 Å². The number of halogens is 1. The average Bonchev–Trinajstić information content (AvgIpc) is 2.80. The Hall–Kier alpha value is -2.58. The second kappa shape index (κ2) is 12.5. The molecule has 0 saturated carbocycles. The first-order valence-corrected chi connectivity index (χ1v) is 10.6. The van der Waals surface area contributed by atoms with Crippen molar-refractivity contribution in [3.05, 3.63) is 84.4 Å². The first-order valence-electron chi connectivity index (χ1n) is 10.6. The fraction of sp³-hybridized carbons (Fsp3) is 0.400. The molecule has 6 nitrogen and oxygen atoms in total. The van der Waals surface area contributed by atoms with Crippen LogP contribution in [0.2, 0.25) is 0 Å². The van der Waals surface area contributed by atoms with Gasteiger partial charge in [-0.15, -0.1) is 6.58 Å². The highest BCUT2D eigenvalue weighted by Crippen LogP contribution is 2.28. The summed E-state index contributed by atoms with van der Waals surface area (Å²) in [7, 11) is 0. The summed E-state index contributed by atoms with van der Waals surface area (Å²) in [6.45, 7) is 5.72. The number of hydrogen-bond acceptors (Lipinski definition) is 5. The number of carbonyl (C=O) groups excluding carboxylic acids is 1. The van der Waals surface area contributed by atoms with Crippen molar-refractivity contribution in [2.45, 2.75) is 50.8 Å². The van der Waals surface area contributed by atoms with E-state index in [1.54, 1.807) is 6.08 Å². The van der Waals surface area contributed by atoms with Crippen LogP contribution in [0.4, 0.5) is 4.39 Å². The Bertz CT molecular complexity index is 835. The summed E-state index contributed by atoms with van der Waals surface area (Å²) in [6, 6.07) is 18.3. The largest absolute Gasteiger partial charge is 0.374 e. The third-order valence-electron chi connectivity index (χ3n) is 5.05. The van der Waals surface area contributed by atoms with E-state index in [1.165, 1.54) is 6.92 Å². The van der Waals surface area contributed by atoms with Crippen LogP contribution in [0.15, 0.2) is 73.3 Å². The molecule has 2 aromatic carbocycles. The molecular weight excluding hydrogens is 413 g/mol. The quantitative estimate of drug-likeness (QED) is 0.538. The van der Waals surface area contributed by atoms with Gasteiger partial charge in [-0.2, -0.15) is 0 Å². The summed E-state index contributed by atoms with van der Waals surface area (Å²) in [4.78, 5) is 11.8. The van der Waals surface area contributed by atoms with E-state index in [4.69, 9.17) is 18.9 Å². The van der Waals surface area contributed by atoms with E-state index in [2.05, 4.69) is 11.9 Å². The molecule has 1 heterocycles. The lowest BCUT2D eigenvalue weighted by Crippen LogP contribution is -2.64. The number of ether oxygens (including phenoxy) is 4. The maximum atomic E-state index is 15.6. The van der Waals surface area contributed by atoms with E-state index >= 15 is 4.39 Å². The Balaban J connectivity index is 1.72. The number of carbonyl (C=O) groups is 1. The van der Waals surface area contributed by atoms with Crippen LogP contribution in [0.1, 0.15) is 18.1 Å². The minimum Gasteiger partial charge on any atom is -0.374 e. The Morgan fingerprint density at radius 3 is 2.28 bits per heavy atom. The Labute approximate surface area is 188 Å². The van der Waals surface area contributed by atoms with Gasteiger partial charge in [0.25, 0.3) is 0 Å². The molecule has 1 fully saturated rings. The van der Waals surface area contributed by atoms with Crippen LogP contribution in [-0.2, 0) is 37.0 Å². The minimum absolute atomic E-state index is 0.0159. The number of nitrogens with one attached hydrogen (secondary N) is 1. The lowest BCUT2D eigenvalue weighted by atomic mass is 9.97. The van der Waals surface area contributed by atoms with Gasteiger partial charge in [0.15, 0.2) is 12.5 Å². The molecule has 3 rings (SSSR count). The first-order chi connectivity index (χ1) is 15.6. The molecule has 1 N–H and O–H groups in total. The van der Waals surface area contributed by atoms with Crippen LogP contribution in [0.3, 0.4) is 0 Å². The molecule has 1 saturated heterocycles. The molecule has 7 heteroatoms. The van der Waals surface area contributed by atoms with Gasteiger partial charge in [0, 0.05) is 6.92 Å². The zero-order chi connectivity index (χ0) is 22.8. The van der Waals surface area contributed by atoms with Gasteiger partial charge in [0.2, 0.25) is 5.91 Å². The molecular formula is C25H30FNO5. The third kappa shape index (κ3) is 6.97. The van der Waals surface area contributed by atoms with Crippen molar-refractivity contribution in [1.29, 1.82) is 0 Å².